The Morgan fingerprint density at radius 3 is 2.35 bits per heavy atom. The van der Waals surface area contributed by atoms with Crippen LogP contribution < -0.4 is 10.1 Å². The maximum atomic E-state index is 13.1. The fourth-order valence-corrected chi connectivity index (χ4v) is 3.26. The zero-order chi connectivity index (χ0) is 23.0. The molecule has 0 saturated carbocycles. The van der Waals surface area contributed by atoms with Crippen molar-refractivity contribution in [3.05, 3.63) is 65.2 Å². The zero-order valence-corrected chi connectivity index (χ0v) is 19.7. The molecule has 0 unspecified atom stereocenters. The number of benzene rings is 2. The Morgan fingerprint density at radius 1 is 1.10 bits per heavy atom. The molecule has 2 aromatic rings. The topological polar surface area (TPSA) is 58.6 Å². The Balaban J connectivity index is 2.12. The fourth-order valence-electron chi connectivity index (χ4n) is 3.26. The highest BCUT2D eigenvalue weighted by atomic mass is 16.5. The Labute approximate surface area is 186 Å². The second kappa shape index (κ2) is 11.0. The van der Waals surface area contributed by atoms with Crippen LogP contribution in [0, 0.1) is 6.92 Å². The van der Waals surface area contributed by atoms with Crippen molar-refractivity contribution < 1.29 is 14.3 Å². The lowest BCUT2D eigenvalue weighted by Crippen LogP contribution is -2.49. The lowest BCUT2D eigenvalue weighted by atomic mass is 9.87. The van der Waals surface area contributed by atoms with E-state index in [1.807, 2.05) is 62.4 Å². The van der Waals surface area contributed by atoms with E-state index in [1.54, 1.807) is 11.8 Å². The van der Waals surface area contributed by atoms with Crippen LogP contribution in [0.25, 0.3) is 0 Å². The van der Waals surface area contributed by atoms with Crippen molar-refractivity contribution in [3.8, 4) is 5.75 Å². The number of rotatable bonds is 9. The predicted octanol–water partition coefficient (Wildman–Crippen LogP) is 4.61. The maximum Gasteiger partial charge on any atom is 0.261 e. The number of nitrogens with zero attached hydrogens (tertiary/aromatic N) is 1. The van der Waals surface area contributed by atoms with Crippen molar-refractivity contribution in [2.75, 3.05) is 13.2 Å². The minimum absolute atomic E-state index is 0.0558. The van der Waals surface area contributed by atoms with E-state index in [2.05, 4.69) is 26.1 Å². The number of hydrogen-bond acceptors (Lipinski definition) is 3. The van der Waals surface area contributed by atoms with Crippen LogP contribution in [0.15, 0.2) is 48.5 Å². The predicted molar refractivity (Wildman–Crippen MR) is 125 cm³/mol. The number of nitrogens with one attached hydrogen (secondary N) is 1. The molecule has 0 heterocycles. The van der Waals surface area contributed by atoms with Gasteiger partial charge >= 0.3 is 0 Å². The molecule has 168 valence electrons. The van der Waals surface area contributed by atoms with Gasteiger partial charge in [0.2, 0.25) is 5.91 Å². The molecule has 1 N–H and O–H groups in total. The quantitative estimate of drug-likeness (QED) is 0.639. The van der Waals surface area contributed by atoms with Gasteiger partial charge in [0.05, 0.1) is 0 Å². The third-order valence-corrected chi connectivity index (χ3v) is 5.23. The molecule has 0 fully saturated rings. The van der Waals surface area contributed by atoms with E-state index < -0.39 is 6.04 Å². The number of carbonyl (C=O) groups is 2. The molecule has 0 radical (unpaired) electrons. The molecule has 0 aliphatic heterocycles. The molecule has 2 aromatic carbocycles. The van der Waals surface area contributed by atoms with E-state index in [-0.39, 0.29) is 23.8 Å². The molecular weight excluding hydrogens is 388 g/mol. The van der Waals surface area contributed by atoms with Gasteiger partial charge in [-0.1, -0.05) is 69.7 Å². The second-order valence-corrected chi connectivity index (χ2v) is 9.04. The first-order valence-electron chi connectivity index (χ1n) is 11.0. The minimum atomic E-state index is -0.591. The van der Waals surface area contributed by atoms with Crippen molar-refractivity contribution in [2.45, 2.75) is 66.0 Å². The number of amides is 2. The summed E-state index contributed by atoms with van der Waals surface area (Å²) in [6.07, 6.45) is 0.845. The smallest absolute Gasteiger partial charge is 0.261 e. The summed E-state index contributed by atoms with van der Waals surface area (Å²) in [6, 6.07) is 15.2. The van der Waals surface area contributed by atoms with Gasteiger partial charge in [-0.05, 0) is 48.9 Å². The molecule has 0 aliphatic carbocycles. The van der Waals surface area contributed by atoms with Crippen molar-refractivity contribution >= 4 is 11.8 Å². The highest BCUT2D eigenvalue weighted by molar-refractivity contribution is 5.87. The van der Waals surface area contributed by atoms with Gasteiger partial charge in [0.1, 0.15) is 11.8 Å². The molecule has 2 amide bonds. The Hall–Kier alpha value is -2.82. The number of carbonyl (C=O) groups excluding carboxylic acids is 2. The van der Waals surface area contributed by atoms with Gasteiger partial charge in [0, 0.05) is 13.1 Å². The van der Waals surface area contributed by atoms with Crippen LogP contribution in [0.2, 0.25) is 0 Å². The molecule has 0 aliphatic rings. The summed E-state index contributed by atoms with van der Waals surface area (Å²) in [6.45, 7) is 13.1. The van der Waals surface area contributed by atoms with Crippen molar-refractivity contribution in [1.29, 1.82) is 0 Å². The number of hydrogen-bond donors (Lipinski definition) is 1. The average Bonchev–Trinajstić information content (AvgIpc) is 2.73. The zero-order valence-electron chi connectivity index (χ0n) is 19.7. The second-order valence-electron chi connectivity index (χ2n) is 9.04. The molecule has 5 nitrogen and oxygen atoms in total. The first kappa shape index (κ1) is 24.4. The van der Waals surface area contributed by atoms with Crippen LogP contribution in [0.4, 0.5) is 0 Å². The van der Waals surface area contributed by atoms with Gasteiger partial charge in [-0.15, -0.1) is 0 Å². The van der Waals surface area contributed by atoms with Gasteiger partial charge in [0.15, 0.2) is 6.61 Å². The SMILES string of the molecule is CCCNC(=O)[C@H](C)N(Cc1cccc(C)c1)C(=O)COc1ccc(C(C)(C)C)cc1. The molecule has 0 saturated heterocycles. The fraction of sp³-hybridized carbons (Fsp3) is 0.462. The van der Waals surface area contributed by atoms with Crippen LogP contribution in [-0.2, 0) is 21.5 Å². The van der Waals surface area contributed by atoms with E-state index in [9.17, 15) is 9.59 Å². The monoisotopic (exact) mass is 424 g/mol. The largest absolute Gasteiger partial charge is 0.484 e. The number of aryl methyl sites for hydroxylation is 1. The van der Waals surface area contributed by atoms with Crippen molar-refractivity contribution in [2.24, 2.45) is 0 Å². The molecule has 0 aromatic heterocycles. The van der Waals surface area contributed by atoms with Crippen LogP contribution in [0.3, 0.4) is 0 Å². The first-order chi connectivity index (χ1) is 14.6. The summed E-state index contributed by atoms with van der Waals surface area (Å²) in [4.78, 5) is 27.2. The lowest BCUT2D eigenvalue weighted by Gasteiger charge is -2.29. The minimum Gasteiger partial charge on any atom is -0.484 e. The summed E-state index contributed by atoms with van der Waals surface area (Å²) >= 11 is 0. The first-order valence-corrected chi connectivity index (χ1v) is 11.0. The van der Waals surface area contributed by atoms with Gasteiger partial charge < -0.3 is 15.0 Å². The Bertz CT molecular complexity index is 869. The Morgan fingerprint density at radius 2 is 1.77 bits per heavy atom. The third kappa shape index (κ3) is 7.42. The van der Waals surface area contributed by atoms with E-state index in [0.717, 1.165) is 17.5 Å². The van der Waals surface area contributed by atoms with Crippen molar-refractivity contribution in [1.82, 2.24) is 10.2 Å². The molecule has 0 spiro atoms. The van der Waals surface area contributed by atoms with E-state index in [1.165, 1.54) is 5.56 Å². The lowest BCUT2D eigenvalue weighted by molar-refractivity contribution is -0.142. The Kier molecular flexibility index (Phi) is 8.66. The van der Waals surface area contributed by atoms with Gasteiger partial charge in [-0.3, -0.25) is 9.59 Å². The van der Waals surface area contributed by atoms with Crippen LogP contribution in [0.1, 0.15) is 57.7 Å². The standard InChI is InChI=1S/C26H36N2O3/c1-7-15-27-25(30)20(3)28(17-21-10-8-9-19(2)16-21)24(29)18-31-23-13-11-22(12-14-23)26(4,5)6/h8-14,16,20H,7,15,17-18H2,1-6H3,(H,27,30)/t20-/m0/s1. The number of ether oxygens (including phenoxy) is 1. The van der Waals surface area contributed by atoms with E-state index in [0.29, 0.717) is 18.8 Å². The van der Waals surface area contributed by atoms with Crippen LogP contribution in [0.5, 0.6) is 5.75 Å². The third-order valence-electron chi connectivity index (χ3n) is 5.23. The molecule has 31 heavy (non-hydrogen) atoms. The van der Waals surface area contributed by atoms with Gasteiger partial charge in [0.25, 0.3) is 5.91 Å². The highest BCUT2D eigenvalue weighted by Gasteiger charge is 2.26. The van der Waals surface area contributed by atoms with Crippen molar-refractivity contribution in [3.63, 3.8) is 0 Å². The summed E-state index contributed by atoms with van der Waals surface area (Å²) in [7, 11) is 0. The van der Waals surface area contributed by atoms with Crippen LogP contribution >= 0.6 is 0 Å². The normalized spacial score (nSPS) is 12.2. The van der Waals surface area contributed by atoms with Gasteiger partial charge in [-0.2, -0.15) is 0 Å². The molecule has 5 heteroatoms. The maximum absolute atomic E-state index is 13.1. The summed E-state index contributed by atoms with van der Waals surface area (Å²) in [5.74, 6) is 0.262. The molecule has 1 atom stereocenters. The molecule has 2 rings (SSSR count). The molecular formula is C26H36N2O3. The van der Waals surface area contributed by atoms with E-state index in [4.69, 9.17) is 4.74 Å². The summed E-state index contributed by atoms with van der Waals surface area (Å²) in [5, 5.41) is 2.89. The van der Waals surface area contributed by atoms with Gasteiger partial charge in [-0.25, -0.2) is 0 Å². The summed E-state index contributed by atoms with van der Waals surface area (Å²) in [5.41, 5.74) is 3.36. The highest BCUT2D eigenvalue weighted by Crippen LogP contribution is 2.24. The van der Waals surface area contributed by atoms with Crippen LogP contribution in [-0.4, -0.2) is 35.9 Å². The summed E-state index contributed by atoms with van der Waals surface area (Å²) < 4.78 is 5.77. The molecule has 0 bridgehead atoms. The average molecular weight is 425 g/mol. The van der Waals surface area contributed by atoms with E-state index >= 15 is 0 Å².